The zero-order valence-corrected chi connectivity index (χ0v) is 15.6. The summed E-state index contributed by atoms with van der Waals surface area (Å²) in [6.07, 6.45) is 6.43. The molecule has 1 N–H and O–H groups in total. The fraction of sp³-hybridized carbons (Fsp3) is 0.333. The Morgan fingerprint density at radius 1 is 1.04 bits per heavy atom. The Kier molecular flexibility index (Phi) is 7.68. The number of ether oxygens (including phenoxy) is 2. The number of rotatable bonds is 9. The van der Waals surface area contributed by atoms with Gasteiger partial charge < -0.3 is 9.47 Å². The van der Waals surface area contributed by atoms with Gasteiger partial charge in [-0.05, 0) is 42.2 Å². The molecule has 0 aliphatic heterocycles. The van der Waals surface area contributed by atoms with E-state index in [1.54, 1.807) is 31.5 Å². The summed E-state index contributed by atoms with van der Waals surface area (Å²) < 4.78 is 10.4. The SMILES string of the molecule is CCCCCc1ccc(C=NNC(=O)c2ccc(OC)c(OC)c2)cc1. The largest absolute Gasteiger partial charge is 0.493 e. The van der Waals surface area contributed by atoms with Crippen LogP contribution < -0.4 is 14.9 Å². The first-order valence-electron chi connectivity index (χ1n) is 8.82. The maximum atomic E-state index is 12.2. The van der Waals surface area contributed by atoms with E-state index in [2.05, 4.69) is 29.6 Å². The molecule has 0 aliphatic rings. The van der Waals surface area contributed by atoms with Crippen molar-refractivity contribution in [2.45, 2.75) is 32.6 Å². The molecule has 2 aromatic carbocycles. The van der Waals surface area contributed by atoms with Crippen LogP contribution in [-0.2, 0) is 6.42 Å². The number of aryl methyl sites for hydroxylation is 1. The molecule has 0 unspecified atom stereocenters. The van der Waals surface area contributed by atoms with Crippen LogP contribution in [0.2, 0.25) is 0 Å². The molecule has 5 nitrogen and oxygen atoms in total. The highest BCUT2D eigenvalue weighted by atomic mass is 16.5. The lowest BCUT2D eigenvalue weighted by molar-refractivity contribution is 0.0954. The summed E-state index contributed by atoms with van der Waals surface area (Å²) >= 11 is 0. The van der Waals surface area contributed by atoms with E-state index in [1.165, 1.54) is 31.9 Å². The average molecular weight is 354 g/mol. The first kappa shape index (κ1) is 19.5. The number of nitrogens with zero attached hydrogens (tertiary/aromatic N) is 1. The van der Waals surface area contributed by atoms with Crippen molar-refractivity contribution in [3.8, 4) is 11.5 Å². The zero-order chi connectivity index (χ0) is 18.8. The Hall–Kier alpha value is -2.82. The van der Waals surface area contributed by atoms with Gasteiger partial charge in [-0.3, -0.25) is 4.79 Å². The van der Waals surface area contributed by atoms with Gasteiger partial charge in [0.15, 0.2) is 11.5 Å². The van der Waals surface area contributed by atoms with Crippen LogP contribution in [-0.4, -0.2) is 26.3 Å². The van der Waals surface area contributed by atoms with E-state index < -0.39 is 0 Å². The van der Waals surface area contributed by atoms with Crippen molar-refractivity contribution in [1.82, 2.24) is 5.43 Å². The first-order chi connectivity index (χ1) is 12.7. The van der Waals surface area contributed by atoms with Gasteiger partial charge in [0.1, 0.15) is 0 Å². The number of carbonyl (C=O) groups is 1. The second kappa shape index (κ2) is 10.2. The standard InChI is InChI=1S/C21H26N2O3/c1-4-5-6-7-16-8-10-17(11-9-16)15-22-23-21(24)18-12-13-19(25-2)20(14-18)26-3/h8-15H,4-7H2,1-3H3,(H,23,24). The van der Waals surface area contributed by atoms with Crippen molar-refractivity contribution in [3.05, 3.63) is 59.2 Å². The van der Waals surface area contributed by atoms with E-state index in [0.717, 1.165) is 12.0 Å². The third kappa shape index (κ3) is 5.62. The predicted octanol–water partition coefficient (Wildman–Crippen LogP) is 4.20. The van der Waals surface area contributed by atoms with E-state index in [4.69, 9.17) is 9.47 Å². The van der Waals surface area contributed by atoms with E-state index in [0.29, 0.717) is 17.1 Å². The number of hydrazone groups is 1. The lowest BCUT2D eigenvalue weighted by Crippen LogP contribution is -2.17. The van der Waals surface area contributed by atoms with Crippen LogP contribution in [0.15, 0.2) is 47.6 Å². The molecule has 2 aromatic rings. The molecule has 5 heteroatoms. The highest BCUT2D eigenvalue weighted by Crippen LogP contribution is 2.27. The Balaban J connectivity index is 1.92. The van der Waals surface area contributed by atoms with E-state index in [9.17, 15) is 4.79 Å². The highest BCUT2D eigenvalue weighted by molar-refractivity contribution is 5.95. The van der Waals surface area contributed by atoms with Gasteiger partial charge in [0.2, 0.25) is 0 Å². The fourth-order valence-electron chi connectivity index (χ4n) is 2.56. The predicted molar refractivity (Wildman–Crippen MR) is 104 cm³/mol. The number of hydrogen-bond donors (Lipinski definition) is 1. The molecule has 0 saturated heterocycles. The van der Waals surface area contributed by atoms with Crippen molar-refractivity contribution in [2.24, 2.45) is 5.10 Å². The zero-order valence-electron chi connectivity index (χ0n) is 15.6. The third-order valence-electron chi connectivity index (χ3n) is 4.07. The van der Waals surface area contributed by atoms with Crippen LogP contribution in [0.25, 0.3) is 0 Å². The maximum Gasteiger partial charge on any atom is 0.271 e. The Bertz CT molecular complexity index is 739. The summed E-state index contributed by atoms with van der Waals surface area (Å²) in [5.74, 6) is 0.771. The summed E-state index contributed by atoms with van der Waals surface area (Å²) in [4.78, 5) is 12.2. The molecule has 0 spiro atoms. The number of hydrogen-bond acceptors (Lipinski definition) is 4. The first-order valence-corrected chi connectivity index (χ1v) is 8.82. The molecule has 0 atom stereocenters. The van der Waals surface area contributed by atoms with E-state index in [1.807, 2.05) is 12.1 Å². The van der Waals surface area contributed by atoms with Gasteiger partial charge in [0.05, 0.1) is 20.4 Å². The normalized spacial score (nSPS) is 10.7. The van der Waals surface area contributed by atoms with Crippen LogP contribution in [0.4, 0.5) is 0 Å². The Morgan fingerprint density at radius 3 is 2.42 bits per heavy atom. The van der Waals surface area contributed by atoms with E-state index in [-0.39, 0.29) is 5.91 Å². The van der Waals surface area contributed by atoms with Gasteiger partial charge in [-0.25, -0.2) is 5.43 Å². The Labute approximate surface area is 155 Å². The minimum absolute atomic E-state index is 0.307. The number of unbranched alkanes of at least 4 members (excludes halogenated alkanes) is 2. The van der Waals surface area contributed by atoms with Crippen molar-refractivity contribution >= 4 is 12.1 Å². The van der Waals surface area contributed by atoms with Gasteiger partial charge in [-0.2, -0.15) is 5.10 Å². The third-order valence-corrected chi connectivity index (χ3v) is 4.07. The lowest BCUT2D eigenvalue weighted by Gasteiger charge is -2.08. The maximum absolute atomic E-state index is 12.2. The summed E-state index contributed by atoms with van der Waals surface area (Å²) in [7, 11) is 3.08. The summed E-state index contributed by atoms with van der Waals surface area (Å²) in [5, 5.41) is 4.02. The average Bonchev–Trinajstić information content (AvgIpc) is 2.68. The number of nitrogens with one attached hydrogen (secondary N) is 1. The molecule has 0 saturated carbocycles. The quantitative estimate of drug-likeness (QED) is 0.417. The van der Waals surface area contributed by atoms with Gasteiger partial charge >= 0.3 is 0 Å². The lowest BCUT2D eigenvalue weighted by atomic mass is 10.1. The van der Waals surface area contributed by atoms with Crippen molar-refractivity contribution in [3.63, 3.8) is 0 Å². The van der Waals surface area contributed by atoms with Crippen LogP contribution in [0.5, 0.6) is 11.5 Å². The number of benzene rings is 2. The number of amides is 1. The molecule has 0 aromatic heterocycles. The fourth-order valence-corrected chi connectivity index (χ4v) is 2.56. The molecular weight excluding hydrogens is 328 g/mol. The van der Waals surface area contributed by atoms with Crippen molar-refractivity contribution in [2.75, 3.05) is 14.2 Å². The second-order valence-electron chi connectivity index (χ2n) is 5.97. The highest BCUT2D eigenvalue weighted by Gasteiger charge is 2.09. The molecule has 2 rings (SSSR count). The molecule has 138 valence electrons. The molecular formula is C21H26N2O3. The van der Waals surface area contributed by atoms with Gasteiger partial charge in [0, 0.05) is 5.56 Å². The van der Waals surface area contributed by atoms with Gasteiger partial charge in [-0.1, -0.05) is 44.0 Å². The minimum Gasteiger partial charge on any atom is -0.493 e. The molecule has 0 fully saturated rings. The summed E-state index contributed by atoms with van der Waals surface area (Å²) in [6.45, 7) is 2.20. The van der Waals surface area contributed by atoms with Crippen molar-refractivity contribution in [1.29, 1.82) is 0 Å². The summed E-state index contributed by atoms with van der Waals surface area (Å²) in [5.41, 5.74) is 5.24. The summed E-state index contributed by atoms with van der Waals surface area (Å²) in [6, 6.07) is 13.2. The van der Waals surface area contributed by atoms with E-state index >= 15 is 0 Å². The number of carbonyl (C=O) groups excluding carboxylic acids is 1. The van der Waals surface area contributed by atoms with Crippen molar-refractivity contribution < 1.29 is 14.3 Å². The van der Waals surface area contributed by atoms with Crippen LogP contribution in [0, 0.1) is 0 Å². The molecule has 0 aliphatic carbocycles. The Morgan fingerprint density at radius 2 is 1.77 bits per heavy atom. The molecule has 0 bridgehead atoms. The topological polar surface area (TPSA) is 59.9 Å². The molecule has 26 heavy (non-hydrogen) atoms. The molecule has 1 amide bonds. The van der Waals surface area contributed by atoms with Crippen LogP contribution in [0.1, 0.15) is 47.7 Å². The smallest absolute Gasteiger partial charge is 0.271 e. The second-order valence-corrected chi connectivity index (χ2v) is 5.97. The van der Waals surface area contributed by atoms with Gasteiger partial charge in [-0.15, -0.1) is 0 Å². The molecule has 0 radical (unpaired) electrons. The monoisotopic (exact) mass is 354 g/mol. The number of methoxy groups -OCH3 is 2. The van der Waals surface area contributed by atoms with Gasteiger partial charge in [0.25, 0.3) is 5.91 Å². The molecule has 0 heterocycles. The minimum atomic E-state index is -0.307. The van der Waals surface area contributed by atoms with Crippen LogP contribution >= 0.6 is 0 Å². The van der Waals surface area contributed by atoms with Crippen LogP contribution in [0.3, 0.4) is 0 Å².